The number of hydrogen-bond acceptors (Lipinski definition) is 3. The zero-order valence-electron chi connectivity index (χ0n) is 14.2. The van der Waals surface area contributed by atoms with Crippen molar-refractivity contribution in [1.29, 1.82) is 0 Å². The second kappa shape index (κ2) is 7.75. The molecule has 3 rings (SSSR count). The Kier molecular flexibility index (Phi) is 5.23. The molecule has 1 N–H and O–H groups in total. The van der Waals surface area contributed by atoms with Crippen molar-refractivity contribution in [2.75, 3.05) is 5.32 Å². The van der Waals surface area contributed by atoms with Crippen molar-refractivity contribution in [1.82, 2.24) is 9.88 Å². The fourth-order valence-electron chi connectivity index (χ4n) is 2.61. The maximum Gasteiger partial charge on any atom is 0.247 e. The summed E-state index contributed by atoms with van der Waals surface area (Å²) in [6.07, 6.45) is 9.07. The van der Waals surface area contributed by atoms with Crippen molar-refractivity contribution in [3.05, 3.63) is 66.0 Å². The van der Waals surface area contributed by atoms with Gasteiger partial charge in [-0.2, -0.15) is 0 Å². The fraction of sp³-hybridized carbons (Fsp3) is 0.250. The number of anilines is 1. The summed E-state index contributed by atoms with van der Waals surface area (Å²) >= 11 is 0. The summed E-state index contributed by atoms with van der Waals surface area (Å²) in [6, 6.07) is 11.6. The Morgan fingerprint density at radius 2 is 2.00 bits per heavy atom. The van der Waals surface area contributed by atoms with Crippen molar-refractivity contribution >= 4 is 23.6 Å². The van der Waals surface area contributed by atoms with Crippen LogP contribution in [0.2, 0.25) is 0 Å². The van der Waals surface area contributed by atoms with Gasteiger partial charge in [0.2, 0.25) is 11.8 Å². The molecular weight excluding hydrogens is 314 g/mol. The van der Waals surface area contributed by atoms with Crippen LogP contribution < -0.4 is 5.32 Å². The smallest absolute Gasteiger partial charge is 0.247 e. The van der Waals surface area contributed by atoms with E-state index < -0.39 is 0 Å². The summed E-state index contributed by atoms with van der Waals surface area (Å²) < 4.78 is 0. The van der Waals surface area contributed by atoms with E-state index in [1.54, 1.807) is 24.5 Å². The van der Waals surface area contributed by atoms with Crippen LogP contribution in [0.3, 0.4) is 0 Å². The van der Waals surface area contributed by atoms with Gasteiger partial charge in [0.25, 0.3) is 0 Å². The molecule has 1 fully saturated rings. The highest BCUT2D eigenvalue weighted by molar-refractivity contribution is 5.92. The number of rotatable bonds is 6. The summed E-state index contributed by atoms with van der Waals surface area (Å²) in [5.41, 5.74) is 2.70. The van der Waals surface area contributed by atoms with Gasteiger partial charge in [0.1, 0.15) is 0 Å². The molecule has 2 aromatic rings. The lowest BCUT2D eigenvalue weighted by molar-refractivity contribution is -0.127. The summed E-state index contributed by atoms with van der Waals surface area (Å²) in [5.74, 6) is -0.0914. The van der Waals surface area contributed by atoms with Crippen LogP contribution in [0.5, 0.6) is 0 Å². The molecular formula is C20H21N3O2. The van der Waals surface area contributed by atoms with Crippen molar-refractivity contribution in [2.45, 2.75) is 32.4 Å². The van der Waals surface area contributed by atoms with Gasteiger partial charge in [-0.1, -0.05) is 18.2 Å². The molecule has 1 aliphatic carbocycles. The molecule has 1 aliphatic rings. The van der Waals surface area contributed by atoms with Crippen molar-refractivity contribution in [3.8, 4) is 0 Å². The zero-order chi connectivity index (χ0) is 17.6. The predicted octanol–water partition coefficient (Wildman–Crippen LogP) is 3.24. The Labute approximate surface area is 147 Å². The number of aromatic nitrogens is 1. The Balaban J connectivity index is 1.64. The van der Waals surface area contributed by atoms with Crippen LogP contribution in [0.25, 0.3) is 6.08 Å². The molecule has 1 aromatic heterocycles. The number of nitrogens with one attached hydrogen (secondary N) is 1. The summed E-state index contributed by atoms with van der Waals surface area (Å²) in [7, 11) is 0. The highest BCUT2D eigenvalue weighted by Gasteiger charge is 2.31. The third-order valence-corrected chi connectivity index (χ3v) is 4.00. The number of pyridine rings is 1. The van der Waals surface area contributed by atoms with Crippen LogP contribution in [-0.2, 0) is 16.1 Å². The standard InChI is InChI=1S/C20H21N3O2/c1-15(24)22-18-7-4-16(5-8-18)6-11-20(25)23(19-9-10-19)14-17-3-2-12-21-13-17/h2-8,11-13,19H,9-10,14H2,1H3,(H,22,24)/b11-6-. The quantitative estimate of drug-likeness (QED) is 0.824. The van der Waals surface area contributed by atoms with Gasteiger partial charge in [-0.25, -0.2) is 0 Å². The molecule has 0 saturated heterocycles. The lowest BCUT2D eigenvalue weighted by atomic mass is 10.2. The zero-order valence-corrected chi connectivity index (χ0v) is 14.2. The number of amides is 2. The van der Waals surface area contributed by atoms with E-state index in [0.29, 0.717) is 12.6 Å². The van der Waals surface area contributed by atoms with Gasteiger partial charge in [0.15, 0.2) is 0 Å². The highest BCUT2D eigenvalue weighted by Crippen LogP contribution is 2.28. The average Bonchev–Trinajstić information content (AvgIpc) is 3.44. The van der Waals surface area contributed by atoms with Crippen LogP contribution in [-0.4, -0.2) is 27.7 Å². The molecule has 0 spiro atoms. The van der Waals surface area contributed by atoms with Crippen LogP contribution in [0.15, 0.2) is 54.9 Å². The molecule has 0 bridgehead atoms. The molecule has 0 aliphatic heterocycles. The number of carbonyl (C=O) groups excluding carboxylic acids is 2. The van der Waals surface area contributed by atoms with Crippen LogP contribution in [0, 0.1) is 0 Å². The van der Waals surface area contributed by atoms with Crippen molar-refractivity contribution in [3.63, 3.8) is 0 Å². The van der Waals surface area contributed by atoms with Gasteiger partial charge in [0, 0.05) is 43.7 Å². The summed E-state index contributed by atoms with van der Waals surface area (Å²) in [6.45, 7) is 2.06. The molecule has 25 heavy (non-hydrogen) atoms. The van der Waals surface area contributed by atoms with Gasteiger partial charge in [0.05, 0.1) is 0 Å². The van der Waals surface area contributed by atoms with E-state index in [0.717, 1.165) is 29.7 Å². The van der Waals surface area contributed by atoms with Crippen LogP contribution >= 0.6 is 0 Å². The van der Waals surface area contributed by atoms with Crippen LogP contribution in [0.1, 0.15) is 30.9 Å². The lowest BCUT2D eigenvalue weighted by Crippen LogP contribution is -2.31. The van der Waals surface area contributed by atoms with E-state index in [1.807, 2.05) is 41.3 Å². The van der Waals surface area contributed by atoms with E-state index >= 15 is 0 Å². The monoisotopic (exact) mass is 335 g/mol. The normalized spacial score (nSPS) is 13.6. The Bertz CT molecular complexity index is 765. The third kappa shape index (κ3) is 5.01. The first-order valence-corrected chi connectivity index (χ1v) is 8.37. The summed E-state index contributed by atoms with van der Waals surface area (Å²) in [4.78, 5) is 29.6. The number of hydrogen-bond donors (Lipinski definition) is 1. The Morgan fingerprint density at radius 3 is 2.60 bits per heavy atom. The minimum Gasteiger partial charge on any atom is -0.332 e. The number of nitrogens with zero attached hydrogens (tertiary/aromatic N) is 2. The van der Waals surface area contributed by atoms with E-state index in [1.165, 1.54) is 6.92 Å². The number of carbonyl (C=O) groups is 2. The van der Waals surface area contributed by atoms with E-state index in [-0.39, 0.29) is 11.8 Å². The molecule has 0 radical (unpaired) electrons. The van der Waals surface area contributed by atoms with Gasteiger partial charge in [-0.05, 0) is 48.2 Å². The minimum absolute atomic E-state index is 0.0114. The lowest BCUT2D eigenvalue weighted by Gasteiger charge is -2.20. The second-order valence-corrected chi connectivity index (χ2v) is 6.20. The molecule has 0 atom stereocenters. The van der Waals surface area contributed by atoms with Crippen LogP contribution in [0.4, 0.5) is 5.69 Å². The molecule has 128 valence electrons. The van der Waals surface area contributed by atoms with Gasteiger partial charge < -0.3 is 10.2 Å². The minimum atomic E-state index is -0.103. The first-order valence-electron chi connectivity index (χ1n) is 8.37. The van der Waals surface area contributed by atoms with Crippen molar-refractivity contribution in [2.24, 2.45) is 0 Å². The fourth-order valence-corrected chi connectivity index (χ4v) is 2.61. The third-order valence-electron chi connectivity index (χ3n) is 4.00. The maximum absolute atomic E-state index is 12.6. The first-order chi connectivity index (χ1) is 12.1. The average molecular weight is 335 g/mol. The van der Waals surface area contributed by atoms with Crippen molar-refractivity contribution < 1.29 is 9.59 Å². The Hall–Kier alpha value is -2.95. The topological polar surface area (TPSA) is 62.3 Å². The predicted molar refractivity (Wildman–Crippen MR) is 97.6 cm³/mol. The molecule has 1 saturated carbocycles. The highest BCUT2D eigenvalue weighted by atomic mass is 16.2. The largest absolute Gasteiger partial charge is 0.332 e. The first kappa shape index (κ1) is 16.9. The molecule has 2 amide bonds. The Morgan fingerprint density at radius 1 is 1.24 bits per heavy atom. The van der Waals surface area contributed by atoms with Gasteiger partial charge in [-0.3, -0.25) is 14.6 Å². The molecule has 1 aromatic carbocycles. The number of benzene rings is 1. The van der Waals surface area contributed by atoms with Gasteiger partial charge >= 0.3 is 0 Å². The van der Waals surface area contributed by atoms with E-state index in [9.17, 15) is 9.59 Å². The van der Waals surface area contributed by atoms with E-state index in [4.69, 9.17) is 0 Å². The maximum atomic E-state index is 12.6. The van der Waals surface area contributed by atoms with Gasteiger partial charge in [-0.15, -0.1) is 0 Å². The molecule has 5 nitrogen and oxygen atoms in total. The second-order valence-electron chi connectivity index (χ2n) is 6.20. The SMILES string of the molecule is CC(=O)Nc1ccc(/C=C\C(=O)N(Cc2cccnc2)C2CC2)cc1. The summed E-state index contributed by atoms with van der Waals surface area (Å²) in [5, 5.41) is 2.72. The molecule has 5 heteroatoms. The molecule has 0 unspecified atom stereocenters. The molecule has 1 heterocycles. The van der Waals surface area contributed by atoms with E-state index in [2.05, 4.69) is 10.3 Å².